The number of aliphatic hydroxyl groups excluding tert-OH is 1. The molecule has 10 heteroatoms. The van der Waals surface area contributed by atoms with Gasteiger partial charge in [0.1, 0.15) is 11.9 Å². The van der Waals surface area contributed by atoms with E-state index in [1.807, 2.05) is 6.07 Å². The summed E-state index contributed by atoms with van der Waals surface area (Å²) in [5, 5.41) is 17.5. The summed E-state index contributed by atoms with van der Waals surface area (Å²) >= 11 is 11.8. The minimum absolute atomic E-state index is 0.0263. The number of nitrogens with one attached hydrogen (secondary N) is 2. The zero-order chi connectivity index (χ0) is 20.5. The highest BCUT2D eigenvalue weighted by Gasteiger charge is 2.24. The molecule has 3 N–H and O–H groups in total. The van der Waals surface area contributed by atoms with Crippen molar-refractivity contribution in [1.82, 2.24) is 20.4 Å². The van der Waals surface area contributed by atoms with Crippen molar-refractivity contribution in [3.8, 4) is 11.4 Å². The van der Waals surface area contributed by atoms with Gasteiger partial charge in [0.2, 0.25) is 5.82 Å². The van der Waals surface area contributed by atoms with E-state index in [4.69, 9.17) is 27.7 Å². The van der Waals surface area contributed by atoms with Gasteiger partial charge in [-0.25, -0.2) is 4.39 Å². The summed E-state index contributed by atoms with van der Waals surface area (Å²) in [5.41, 5.74) is 1.25. The van der Waals surface area contributed by atoms with E-state index in [1.54, 1.807) is 18.3 Å². The summed E-state index contributed by atoms with van der Waals surface area (Å²) in [7, 11) is 0. The fourth-order valence-corrected chi connectivity index (χ4v) is 3.19. The Labute approximate surface area is 173 Å². The minimum Gasteiger partial charge on any atom is -0.394 e. The maximum absolute atomic E-state index is 14.0. The second-order valence-corrected chi connectivity index (χ2v) is 7.05. The second kappa shape index (κ2) is 7.82. The van der Waals surface area contributed by atoms with Gasteiger partial charge < -0.3 is 19.9 Å². The van der Waals surface area contributed by atoms with Crippen molar-refractivity contribution in [1.29, 1.82) is 0 Å². The van der Waals surface area contributed by atoms with E-state index in [9.17, 15) is 14.3 Å². The highest BCUT2D eigenvalue weighted by Crippen LogP contribution is 2.29. The number of aliphatic hydroxyl groups is 1. The van der Waals surface area contributed by atoms with Crippen LogP contribution in [0.1, 0.15) is 22.3 Å². The van der Waals surface area contributed by atoms with Gasteiger partial charge in [-0.3, -0.25) is 4.79 Å². The third kappa shape index (κ3) is 3.82. The maximum Gasteiger partial charge on any atom is 0.254 e. The molecule has 148 valence electrons. The Morgan fingerprint density at radius 1 is 1.24 bits per heavy atom. The Hall–Kier alpha value is -2.94. The first-order valence-corrected chi connectivity index (χ1v) is 9.19. The molecule has 2 aromatic heterocycles. The fraction of sp³-hybridized carbons (Fsp3) is 0.105. The van der Waals surface area contributed by atoms with Gasteiger partial charge in [0.25, 0.3) is 11.8 Å². The van der Waals surface area contributed by atoms with E-state index in [2.05, 4.69) is 20.4 Å². The topological polar surface area (TPSA) is 104 Å². The number of benzene rings is 2. The van der Waals surface area contributed by atoms with Gasteiger partial charge in [-0.05, 0) is 36.4 Å². The fourth-order valence-electron chi connectivity index (χ4n) is 2.86. The molecule has 7 nitrogen and oxygen atoms in total. The molecule has 0 fully saturated rings. The monoisotopic (exact) mass is 434 g/mol. The molecule has 4 aromatic rings. The highest BCUT2D eigenvalue weighted by atomic mass is 35.5. The quantitative estimate of drug-likeness (QED) is 0.438. The van der Waals surface area contributed by atoms with E-state index in [1.165, 1.54) is 12.1 Å². The third-order valence-electron chi connectivity index (χ3n) is 4.29. The predicted octanol–water partition coefficient (Wildman–Crippen LogP) is 4.13. The zero-order valence-corrected chi connectivity index (χ0v) is 16.1. The summed E-state index contributed by atoms with van der Waals surface area (Å²) < 4.78 is 19.2. The normalized spacial score (nSPS) is 12.3. The smallest absolute Gasteiger partial charge is 0.254 e. The zero-order valence-electron chi connectivity index (χ0n) is 14.6. The van der Waals surface area contributed by atoms with Crippen LogP contribution >= 0.6 is 23.2 Å². The van der Waals surface area contributed by atoms with E-state index < -0.39 is 24.4 Å². The van der Waals surface area contributed by atoms with Crippen molar-refractivity contribution in [2.75, 3.05) is 6.61 Å². The molecule has 0 bridgehead atoms. The van der Waals surface area contributed by atoms with E-state index in [-0.39, 0.29) is 22.3 Å². The number of fused-ring (bicyclic) bond motifs is 1. The van der Waals surface area contributed by atoms with Crippen LogP contribution in [0.4, 0.5) is 4.39 Å². The van der Waals surface area contributed by atoms with Crippen molar-refractivity contribution >= 4 is 40.0 Å². The average Bonchev–Trinajstić information content (AvgIpc) is 3.32. The molecule has 0 aliphatic heterocycles. The number of halogens is 3. The lowest BCUT2D eigenvalue weighted by Crippen LogP contribution is -2.31. The maximum atomic E-state index is 14.0. The van der Waals surface area contributed by atoms with Gasteiger partial charge in [0.05, 0.1) is 12.2 Å². The molecule has 1 unspecified atom stereocenters. The number of aromatic amines is 1. The SMILES string of the molecule is O=C(NC(CO)c1nc(-c2c[nH]c3ccc(Cl)cc23)no1)c1ccc(Cl)cc1F. The highest BCUT2D eigenvalue weighted by molar-refractivity contribution is 6.31. The van der Waals surface area contributed by atoms with Crippen LogP contribution in [0.25, 0.3) is 22.3 Å². The Balaban J connectivity index is 1.60. The summed E-state index contributed by atoms with van der Waals surface area (Å²) in [6.45, 7) is -0.526. The van der Waals surface area contributed by atoms with Crippen LogP contribution < -0.4 is 5.32 Å². The van der Waals surface area contributed by atoms with Crippen molar-refractivity contribution in [3.63, 3.8) is 0 Å². The standard InChI is InChI=1S/C19H13Cl2FN4O3/c20-9-2-4-15-12(5-9)13(7-23-15)17-25-19(29-26-17)16(8-27)24-18(28)11-3-1-10(21)6-14(11)22/h1-7,16,23,27H,8H2,(H,24,28). The molecule has 0 spiro atoms. The molecule has 29 heavy (non-hydrogen) atoms. The molecule has 0 radical (unpaired) electrons. The van der Waals surface area contributed by atoms with Gasteiger partial charge in [-0.15, -0.1) is 0 Å². The van der Waals surface area contributed by atoms with Crippen LogP contribution in [0.3, 0.4) is 0 Å². The molecule has 1 atom stereocenters. The lowest BCUT2D eigenvalue weighted by Gasteiger charge is -2.12. The number of rotatable bonds is 5. The third-order valence-corrected chi connectivity index (χ3v) is 4.76. The molecule has 0 saturated heterocycles. The Kier molecular flexibility index (Phi) is 5.23. The number of aromatic nitrogens is 3. The first-order valence-electron chi connectivity index (χ1n) is 8.43. The molecule has 1 amide bonds. The first-order chi connectivity index (χ1) is 14.0. The summed E-state index contributed by atoms with van der Waals surface area (Å²) in [4.78, 5) is 19.7. The first kappa shape index (κ1) is 19.4. The molecular weight excluding hydrogens is 422 g/mol. The van der Waals surface area contributed by atoms with Gasteiger partial charge in [0.15, 0.2) is 0 Å². The van der Waals surface area contributed by atoms with Gasteiger partial charge >= 0.3 is 0 Å². The Bertz CT molecular complexity index is 1210. The summed E-state index contributed by atoms with van der Waals surface area (Å²) in [6.07, 6.45) is 1.70. The van der Waals surface area contributed by atoms with Crippen molar-refractivity contribution in [2.45, 2.75) is 6.04 Å². The second-order valence-electron chi connectivity index (χ2n) is 6.18. The van der Waals surface area contributed by atoms with Crippen LogP contribution in [0, 0.1) is 5.82 Å². The summed E-state index contributed by atoms with van der Waals surface area (Å²) in [5.74, 6) is -1.31. The van der Waals surface area contributed by atoms with Crippen LogP contribution in [-0.2, 0) is 0 Å². The molecular formula is C19H13Cl2FN4O3. The Morgan fingerprint density at radius 2 is 2.00 bits per heavy atom. The molecule has 0 saturated carbocycles. The van der Waals surface area contributed by atoms with Gasteiger partial charge in [-0.1, -0.05) is 28.4 Å². The number of hydrogen-bond acceptors (Lipinski definition) is 5. The van der Waals surface area contributed by atoms with Gasteiger partial charge in [-0.2, -0.15) is 4.98 Å². The van der Waals surface area contributed by atoms with E-state index >= 15 is 0 Å². The van der Waals surface area contributed by atoms with Crippen LogP contribution in [0.2, 0.25) is 10.0 Å². The number of carbonyl (C=O) groups excluding carboxylic acids is 1. The van der Waals surface area contributed by atoms with Crippen LogP contribution in [0.5, 0.6) is 0 Å². The van der Waals surface area contributed by atoms with Crippen molar-refractivity contribution < 1.29 is 18.8 Å². The van der Waals surface area contributed by atoms with Gasteiger partial charge in [0, 0.05) is 32.7 Å². The number of H-pyrrole nitrogens is 1. The number of nitrogens with zero attached hydrogens (tertiary/aromatic N) is 2. The molecule has 2 heterocycles. The number of amides is 1. The van der Waals surface area contributed by atoms with Crippen LogP contribution in [0.15, 0.2) is 47.1 Å². The molecule has 0 aliphatic carbocycles. The predicted molar refractivity (Wildman–Crippen MR) is 105 cm³/mol. The lowest BCUT2D eigenvalue weighted by atomic mass is 10.1. The van der Waals surface area contributed by atoms with E-state index in [0.717, 1.165) is 17.0 Å². The molecule has 0 aliphatic rings. The minimum atomic E-state index is -1.02. The average molecular weight is 435 g/mol. The van der Waals surface area contributed by atoms with Crippen molar-refractivity contribution in [3.05, 3.63) is 69.9 Å². The van der Waals surface area contributed by atoms with Crippen LogP contribution in [-0.4, -0.2) is 32.7 Å². The van der Waals surface area contributed by atoms with E-state index in [0.29, 0.717) is 10.6 Å². The van der Waals surface area contributed by atoms with Crippen molar-refractivity contribution in [2.24, 2.45) is 0 Å². The molecule has 4 rings (SSSR count). The summed E-state index contributed by atoms with van der Waals surface area (Å²) in [6, 6.07) is 7.97. The largest absolute Gasteiger partial charge is 0.394 e. The number of hydrogen-bond donors (Lipinski definition) is 3. The molecule has 2 aromatic carbocycles. The number of carbonyl (C=O) groups is 1. The Morgan fingerprint density at radius 3 is 2.76 bits per heavy atom. The lowest BCUT2D eigenvalue weighted by molar-refractivity contribution is 0.0897.